The molecule has 2 aromatic rings. The van der Waals surface area contributed by atoms with Crippen LogP contribution < -0.4 is 0 Å². The van der Waals surface area contributed by atoms with Gasteiger partial charge in [0.1, 0.15) is 13.1 Å². The fourth-order valence-electron chi connectivity index (χ4n) is 1.98. The molecule has 0 radical (unpaired) electrons. The highest BCUT2D eigenvalue weighted by molar-refractivity contribution is 7.80. The van der Waals surface area contributed by atoms with E-state index >= 15 is 0 Å². The van der Waals surface area contributed by atoms with Gasteiger partial charge in [-0.25, -0.2) is 4.98 Å². The lowest BCUT2D eigenvalue weighted by molar-refractivity contribution is -0.0634. The SMILES string of the molecule is CC(CCCOCOCc1ccccc1)OC(=S)n1ccnc1. The van der Waals surface area contributed by atoms with Crippen molar-refractivity contribution >= 4 is 17.4 Å². The lowest BCUT2D eigenvalue weighted by atomic mass is 10.2. The summed E-state index contributed by atoms with van der Waals surface area (Å²) >= 11 is 5.18. The third-order valence-corrected chi connectivity index (χ3v) is 3.50. The molecule has 0 aliphatic heterocycles. The Kier molecular flexibility index (Phi) is 7.72. The average molecular weight is 334 g/mol. The van der Waals surface area contributed by atoms with Crippen LogP contribution in [0.3, 0.4) is 0 Å². The van der Waals surface area contributed by atoms with Crippen LogP contribution in [-0.4, -0.2) is 34.2 Å². The molecule has 0 aliphatic carbocycles. The molecule has 0 spiro atoms. The number of nitrogens with zero attached hydrogens (tertiary/aromatic N) is 2. The van der Waals surface area contributed by atoms with Crippen molar-refractivity contribution < 1.29 is 14.2 Å². The van der Waals surface area contributed by atoms with E-state index in [2.05, 4.69) is 4.98 Å². The number of thiocarbonyl (C=S) groups is 1. The Labute approximate surface area is 142 Å². The molecule has 0 amide bonds. The van der Waals surface area contributed by atoms with E-state index in [1.54, 1.807) is 23.3 Å². The van der Waals surface area contributed by atoms with Gasteiger partial charge in [0.05, 0.1) is 12.7 Å². The van der Waals surface area contributed by atoms with Crippen LogP contribution >= 0.6 is 12.2 Å². The van der Waals surface area contributed by atoms with Crippen LogP contribution in [0.4, 0.5) is 0 Å². The fraction of sp³-hybridized carbons (Fsp3) is 0.412. The fourth-order valence-corrected chi connectivity index (χ4v) is 2.26. The number of rotatable bonds is 9. The first-order valence-corrected chi connectivity index (χ1v) is 8.05. The standard InChI is InChI=1S/C17H22N2O3S/c1-15(22-17(23)19-10-9-18-13-19)6-5-11-20-14-21-12-16-7-3-2-4-8-16/h2-4,7-10,13,15H,5-6,11-12,14H2,1H3. The van der Waals surface area contributed by atoms with Crippen LogP contribution in [0, 0.1) is 0 Å². The van der Waals surface area contributed by atoms with Crippen LogP contribution in [0.2, 0.25) is 0 Å². The van der Waals surface area contributed by atoms with Gasteiger partial charge in [0.25, 0.3) is 5.17 Å². The molecule has 124 valence electrons. The molecule has 0 N–H and O–H groups in total. The van der Waals surface area contributed by atoms with Crippen molar-refractivity contribution in [2.75, 3.05) is 13.4 Å². The average Bonchev–Trinajstić information content (AvgIpc) is 3.09. The molecule has 2 rings (SSSR count). The van der Waals surface area contributed by atoms with Crippen molar-refractivity contribution in [2.45, 2.75) is 32.5 Å². The summed E-state index contributed by atoms with van der Waals surface area (Å²) in [6.07, 6.45) is 6.86. The van der Waals surface area contributed by atoms with Crippen molar-refractivity contribution in [3.05, 3.63) is 54.6 Å². The number of aromatic nitrogens is 2. The maximum Gasteiger partial charge on any atom is 0.269 e. The van der Waals surface area contributed by atoms with E-state index in [1.807, 2.05) is 37.3 Å². The first-order valence-electron chi connectivity index (χ1n) is 7.64. The van der Waals surface area contributed by atoms with Crippen LogP contribution in [-0.2, 0) is 20.8 Å². The lowest BCUT2D eigenvalue weighted by Crippen LogP contribution is -2.19. The van der Waals surface area contributed by atoms with Gasteiger partial charge in [0.15, 0.2) is 0 Å². The van der Waals surface area contributed by atoms with E-state index < -0.39 is 0 Å². The summed E-state index contributed by atoms with van der Waals surface area (Å²) in [6, 6.07) is 10.0. The molecule has 6 heteroatoms. The Hall–Kier alpha value is -1.76. The molecule has 1 unspecified atom stereocenters. The molecule has 0 bridgehead atoms. The molecular weight excluding hydrogens is 312 g/mol. The maximum atomic E-state index is 5.65. The Morgan fingerprint density at radius 2 is 2.09 bits per heavy atom. The molecule has 5 nitrogen and oxygen atoms in total. The number of ether oxygens (including phenoxy) is 3. The van der Waals surface area contributed by atoms with Gasteiger partial charge >= 0.3 is 0 Å². The normalized spacial score (nSPS) is 12.0. The number of benzene rings is 1. The Morgan fingerprint density at radius 3 is 2.83 bits per heavy atom. The van der Waals surface area contributed by atoms with E-state index in [1.165, 1.54) is 0 Å². The number of imidazole rings is 1. The predicted molar refractivity (Wildman–Crippen MR) is 92.1 cm³/mol. The van der Waals surface area contributed by atoms with Crippen LogP contribution in [0.15, 0.2) is 49.1 Å². The topological polar surface area (TPSA) is 45.5 Å². The van der Waals surface area contributed by atoms with Crippen LogP contribution in [0.25, 0.3) is 0 Å². The van der Waals surface area contributed by atoms with E-state index in [0.717, 1.165) is 18.4 Å². The highest BCUT2D eigenvalue weighted by Gasteiger charge is 2.07. The molecule has 1 aromatic carbocycles. The molecule has 0 aliphatic rings. The van der Waals surface area contributed by atoms with E-state index in [9.17, 15) is 0 Å². The van der Waals surface area contributed by atoms with Gasteiger partial charge in [-0.15, -0.1) is 0 Å². The third kappa shape index (κ3) is 6.90. The molecule has 0 fully saturated rings. The molecule has 23 heavy (non-hydrogen) atoms. The van der Waals surface area contributed by atoms with Gasteiger partial charge in [-0.05, 0) is 37.5 Å². The van der Waals surface area contributed by atoms with Gasteiger partial charge in [0, 0.05) is 19.0 Å². The van der Waals surface area contributed by atoms with E-state index in [0.29, 0.717) is 25.2 Å². The Morgan fingerprint density at radius 1 is 1.26 bits per heavy atom. The number of hydrogen-bond acceptors (Lipinski definition) is 5. The summed E-state index contributed by atoms with van der Waals surface area (Å²) in [4.78, 5) is 3.94. The van der Waals surface area contributed by atoms with Crippen molar-refractivity contribution in [3.63, 3.8) is 0 Å². The quantitative estimate of drug-likeness (QED) is 0.399. The molecular formula is C17H22N2O3S. The largest absolute Gasteiger partial charge is 0.467 e. The molecule has 1 atom stereocenters. The molecule has 1 heterocycles. The minimum absolute atomic E-state index is 0.0405. The van der Waals surface area contributed by atoms with Crippen LogP contribution in [0.5, 0.6) is 0 Å². The smallest absolute Gasteiger partial charge is 0.269 e. The summed E-state index contributed by atoms with van der Waals surface area (Å²) in [6.45, 7) is 3.51. The lowest BCUT2D eigenvalue weighted by Gasteiger charge is -2.15. The zero-order valence-electron chi connectivity index (χ0n) is 13.3. The van der Waals surface area contributed by atoms with Gasteiger partial charge in [-0.2, -0.15) is 0 Å². The summed E-state index contributed by atoms with van der Waals surface area (Å²) in [7, 11) is 0. The van der Waals surface area contributed by atoms with Crippen molar-refractivity contribution in [2.24, 2.45) is 0 Å². The summed E-state index contributed by atoms with van der Waals surface area (Å²) in [5.41, 5.74) is 1.14. The maximum absolute atomic E-state index is 5.65. The van der Waals surface area contributed by atoms with Gasteiger partial charge < -0.3 is 14.2 Å². The predicted octanol–water partition coefficient (Wildman–Crippen LogP) is 3.39. The highest BCUT2D eigenvalue weighted by atomic mass is 32.1. The van der Waals surface area contributed by atoms with Gasteiger partial charge in [-0.1, -0.05) is 30.3 Å². The first-order chi connectivity index (χ1) is 11.3. The Bertz CT molecular complexity index is 560. The zero-order valence-corrected chi connectivity index (χ0v) is 14.1. The Balaban J connectivity index is 1.48. The van der Waals surface area contributed by atoms with Crippen molar-refractivity contribution in [1.82, 2.24) is 9.55 Å². The summed E-state index contributed by atoms with van der Waals surface area (Å²) in [5.74, 6) is 0. The highest BCUT2D eigenvalue weighted by Crippen LogP contribution is 2.05. The molecule has 0 saturated heterocycles. The monoisotopic (exact) mass is 334 g/mol. The minimum atomic E-state index is 0.0405. The van der Waals surface area contributed by atoms with Gasteiger partial charge in [0.2, 0.25) is 0 Å². The van der Waals surface area contributed by atoms with Gasteiger partial charge in [-0.3, -0.25) is 4.57 Å². The minimum Gasteiger partial charge on any atom is -0.467 e. The first kappa shape index (κ1) is 17.6. The van der Waals surface area contributed by atoms with E-state index in [4.69, 9.17) is 26.4 Å². The zero-order chi connectivity index (χ0) is 16.3. The summed E-state index contributed by atoms with van der Waals surface area (Å²) in [5, 5.41) is 0.419. The second kappa shape index (κ2) is 10.1. The van der Waals surface area contributed by atoms with E-state index in [-0.39, 0.29) is 6.10 Å². The second-order valence-corrected chi connectivity index (χ2v) is 5.52. The third-order valence-electron chi connectivity index (χ3n) is 3.19. The molecule has 0 saturated carbocycles. The van der Waals surface area contributed by atoms with Crippen molar-refractivity contribution in [3.8, 4) is 0 Å². The van der Waals surface area contributed by atoms with Crippen LogP contribution in [0.1, 0.15) is 25.3 Å². The number of hydrogen-bond donors (Lipinski definition) is 0. The molecule has 1 aromatic heterocycles. The summed E-state index contributed by atoms with van der Waals surface area (Å²) < 4.78 is 18.2. The van der Waals surface area contributed by atoms with Crippen molar-refractivity contribution in [1.29, 1.82) is 0 Å². The second-order valence-electron chi connectivity index (χ2n) is 5.17.